The summed E-state index contributed by atoms with van der Waals surface area (Å²) in [4.78, 5) is 11.7. The highest BCUT2D eigenvalue weighted by molar-refractivity contribution is 7.93. The van der Waals surface area contributed by atoms with Crippen molar-refractivity contribution < 1.29 is 4.21 Å². The van der Waals surface area contributed by atoms with Gasteiger partial charge in [-0.15, -0.1) is 0 Å². The van der Waals surface area contributed by atoms with E-state index in [1.165, 1.54) is 16.2 Å². The van der Waals surface area contributed by atoms with E-state index in [9.17, 15) is 4.21 Å². The normalized spacial score (nSPS) is 17.6. The van der Waals surface area contributed by atoms with Crippen LogP contribution < -0.4 is 19.8 Å². The summed E-state index contributed by atoms with van der Waals surface area (Å²) in [6.45, 7) is 5.74. The molecule has 0 radical (unpaired) electrons. The molecule has 2 atom stereocenters. The van der Waals surface area contributed by atoms with E-state index >= 15 is 0 Å². The van der Waals surface area contributed by atoms with Crippen molar-refractivity contribution in [3.63, 3.8) is 0 Å². The van der Waals surface area contributed by atoms with Crippen molar-refractivity contribution in [3.05, 3.63) is 72.6 Å². The predicted octanol–water partition coefficient (Wildman–Crippen LogP) is 4.05. The van der Waals surface area contributed by atoms with Crippen LogP contribution in [0.1, 0.15) is 12.5 Å². The Kier molecular flexibility index (Phi) is 6.55. The van der Waals surface area contributed by atoms with Crippen LogP contribution >= 0.6 is 0 Å². The maximum atomic E-state index is 12.3. The van der Waals surface area contributed by atoms with Gasteiger partial charge in [0.25, 0.3) is 0 Å². The van der Waals surface area contributed by atoms with E-state index in [-0.39, 0.29) is 0 Å². The number of benzene rings is 2. The number of rotatable bonds is 7. The molecule has 1 fully saturated rings. The van der Waals surface area contributed by atoms with Crippen LogP contribution in [0.15, 0.2) is 67.0 Å². The van der Waals surface area contributed by atoms with Crippen LogP contribution in [0, 0.1) is 4.78 Å². The minimum absolute atomic E-state index is 0.485. The number of aromatic nitrogens is 3. The first-order chi connectivity index (χ1) is 17.3. The van der Waals surface area contributed by atoms with Gasteiger partial charge in [0.05, 0.1) is 12.2 Å². The Bertz CT molecular complexity index is 1470. The molecule has 5 rings (SSSR count). The average molecular weight is 505 g/mol. The van der Waals surface area contributed by atoms with E-state index in [0.29, 0.717) is 18.5 Å². The molecule has 0 bridgehead atoms. The molecule has 2 aromatic heterocycles. The Labute approximate surface area is 212 Å². The van der Waals surface area contributed by atoms with Gasteiger partial charge < -0.3 is 20.1 Å². The number of piperazine rings is 1. The monoisotopic (exact) mass is 504 g/mol. The second-order valence-electron chi connectivity index (χ2n) is 9.32. The molecular formula is C26H32N8OS. The van der Waals surface area contributed by atoms with Gasteiger partial charge in [-0.1, -0.05) is 18.2 Å². The van der Waals surface area contributed by atoms with Gasteiger partial charge in [0.2, 0.25) is 5.95 Å². The Morgan fingerprint density at radius 3 is 2.72 bits per heavy atom. The highest BCUT2D eigenvalue weighted by atomic mass is 32.2. The zero-order valence-electron chi connectivity index (χ0n) is 20.8. The predicted molar refractivity (Wildman–Crippen MR) is 148 cm³/mol. The van der Waals surface area contributed by atoms with E-state index in [1.54, 1.807) is 7.05 Å². The van der Waals surface area contributed by atoms with Gasteiger partial charge in [-0.2, -0.15) is 4.98 Å². The molecule has 1 unspecified atom stereocenters. The molecule has 0 aliphatic carbocycles. The van der Waals surface area contributed by atoms with E-state index in [1.807, 2.05) is 47.3 Å². The molecule has 10 heteroatoms. The number of hydrogen-bond donors (Lipinski definition) is 3. The minimum atomic E-state index is -2.87. The molecule has 3 N–H and O–H groups in total. The van der Waals surface area contributed by atoms with Crippen molar-refractivity contribution in [2.24, 2.45) is 0 Å². The zero-order valence-corrected chi connectivity index (χ0v) is 21.6. The molecule has 36 heavy (non-hydrogen) atoms. The highest BCUT2D eigenvalue weighted by Gasteiger charge is 2.16. The van der Waals surface area contributed by atoms with E-state index in [0.717, 1.165) is 47.6 Å². The third kappa shape index (κ3) is 5.14. The molecule has 1 aliphatic rings. The number of nitrogens with zero attached hydrogens (tertiary/aromatic N) is 5. The van der Waals surface area contributed by atoms with E-state index in [2.05, 4.69) is 51.7 Å². The first-order valence-electron chi connectivity index (χ1n) is 12.0. The Hall–Kier alpha value is -3.63. The number of anilines is 4. The van der Waals surface area contributed by atoms with E-state index in [4.69, 9.17) is 9.76 Å². The summed E-state index contributed by atoms with van der Waals surface area (Å²) in [7, 11) is -1.18. The molecule has 188 valence electrons. The van der Waals surface area contributed by atoms with Gasteiger partial charge in [0.15, 0.2) is 0 Å². The topological polar surface area (TPSA) is 102 Å². The van der Waals surface area contributed by atoms with Crippen molar-refractivity contribution in [2.45, 2.75) is 19.5 Å². The van der Waals surface area contributed by atoms with Crippen molar-refractivity contribution in [1.82, 2.24) is 19.9 Å². The number of nitrogens with one attached hydrogen (secondary N) is 3. The Morgan fingerprint density at radius 1 is 1.19 bits per heavy atom. The second-order valence-corrected chi connectivity index (χ2v) is 11.5. The van der Waals surface area contributed by atoms with Crippen LogP contribution in [0.3, 0.4) is 0 Å². The maximum Gasteiger partial charge on any atom is 0.229 e. The number of hydrogen-bond acceptors (Lipinski definition) is 7. The SMILES string of the molecule is C[C@H]1CN(c2ccc(Nc3ncc4ccn(Cc5ccccc5N(C)S(C)(=N)=O)c4n3)cc2)CCN1. The second kappa shape index (κ2) is 9.79. The van der Waals surface area contributed by atoms with E-state index < -0.39 is 9.92 Å². The smallest absolute Gasteiger partial charge is 0.229 e. The molecule has 1 aliphatic heterocycles. The van der Waals surface area contributed by atoms with Gasteiger partial charge in [-0.3, -0.25) is 4.31 Å². The summed E-state index contributed by atoms with van der Waals surface area (Å²) in [6, 6.07) is 18.6. The average Bonchev–Trinajstić information content (AvgIpc) is 3.26. The van der Waals surface area contributed by atoms with Gasteiger partial charge in [-0.25, -0.2) is 14.0 Å². The molecule has 3 heterocycles. The first-order valence-corrected chi connectivity index (χ1v) is 13.9. The zero-order chi connectivity index (χ0) is 25.3. The summed E-state index contributed by atoms with van der Waals surface area (Å²) < 4.78 is 23.9. The molecule has 0 saturated carbocycles. The molecule has 0 spiro atoms. The van der Waals surface area contributed by atoms with Gasteiger partial charge in [0.1, 0.15) is 15.6 Å². The van der Waals surface area contributed by atoms with Gasteiger partial charge >= 0.3 is 0 Å². The summed E-state index contributed by atoms with van der Waals surface area (Å²) in [6.07, 6.45) is 5.22. The van der Waals surface area contributed by atoms with Crippen molar-refractivity contribution >= 4 is 44.0 Å². The molecule has 2 aromatic carbocycles. The fraction of sp³-hybridized carbons (Fsp3) is 0.308. The van der Waals surface area contributed by atoms with Crippen LogP contribution in [0.2, 0.25) is 0 Å². The van der Waals surface area contributed by atoms with Gasteiger partial charge in [0, 0.05) is 68.1 Å². The number of para-hydroxylation sites is 1. The molecular weight excluding hydrogens is 472 g/mol. The molecule has 0 amide bonds. The van der Waals surface area contributed by atoms with Gasteiger partial charge in [-0.05, 0) is 48.9 Å². The van der Waals surface area contributed by atoms with Crippen LogP contribution in [-0.2, 0) is 16.5 Å². The third-order valence-corrected chi connectivity index (χ3v) is 7.80. The lowest BCUT2D eigenvalue weighted by molar-refractivity contribution is 0.485. The van der Waals surface area contributed by atoms with Crippen LogP contribution in [0.25, 0.3) is 11.0 Å². The van der Waals surface area contributed by atoms with Crippen molar-refractivity contribution in [1.29, 1.82) is 4.78 Å². The summed E-state index contributed by atoms with van der Waals surface area (Å²) in [5.41, 5.74) is 4.68. The molecule has 4 aromatic rings. The largest absolute Gasteiger partial charge is 0.369 e. The van der Waals surface area contributed by atoms with Crippen molar-refractivity contribution in [2.75, 3.05) is 47.5 Å². The fourth-order valence-corrected chi connectivity index (χ4v) is 5.09. The lowest BCUT2D eigenvalue weighted by Crippen LogP contribution is -2.49. The maximum absolute atomic E-state index is 12.3. The molecule has 9 nitrogen and oxygen atoms in total. The lowest BCUT2D eigenvalue weighted by Gasteiger charge is -2.33. The summed E-state index contributed by atoms with van der Waals surface area (Å²) in [5, 5.41) is 7.74. The highest BCUT2D eigenvalue weighted by Crippen LogP contribution is 2.25. The number of fused-ring (bicyclic) bond motifs is 1. The Balaban J connectivity index is 1.36. The summed E-state index contributed by atoms with van der Waals surface area (Å²) in [5.74, 6) is 0.527. The van der Waals surface area contributed by atoms with Crippen molar-refractivity contribution in [3.8, 4) is 0 Å². The first kappa shape index (κ1) is 24.1. The van der Waals surface area contributed by atoms with Crippen LogP contribution in [0.5, 0.6) is 0 Å². The van der Waals surface area contributed by atoms with Crippen LogP contribution in [0.4, 0.5) is 23.0 Å². The van der Waals surface area contributed by atoms with Crippen LogP contribution in [-0.4, -0.2) is 57.7 Å². The quantitative estimate of drug-likeness (QED) is 0.351. The Morgan fingerprint density at radius 2 is 1.97 bits per heavy atom. The standard InChI is InChI=1S/C26H32N8OS/c1-19-17-33(15-13-28-19)23-10-8-22(9-11-23)30-26-29-16-20-12-14-34(25(20)31-26)18-21-6-4-5-7-24(21)32(2)36(3,27)35/h4-12,14,16,19,27-28H,13,15,17-18H2,1-3H3,(H,29,30,31)/t19-,36?/m0/s1. The lowest BCUT2D eigenvalue weighted by atomic mass is 10.2. The molecule has 1 saturated heterocycles. The third-order valence-electron chi connectivity index (χ3n) is 6.55. The summed E-state index contributed by atoms with van der Waals surface area (Å²) >= 11 is 0. The fourth-order valence-electron chi connectivity index (χ4n) is 4.53. The minimum Gasteiger partial charge on any atom is -0.369 e.